The lowest BCUT2D eigenvalue weighted by atomic mass is 10.1. The molecule has 104 valence electrons. The van der Waals surface area contributed by atoms with E-state index in [0.29, 0.717) is 11.3 Å². The van der Waals surface area contributed by atoms with E-state index in [1.54, 1.807) is 25.1 Å². The molecule has 20 heavy (non-hydrogen) atoms. The first-order valence-electron chi connectivity index (χ1n) is 5.97. The number of hydrogen-bond donors (Lipinski definition) is 2. The number of halogens is 1. The molecule has 0 aliphatic heterocycles. The van der Waals surface area contributed by atoms with Crippen LogP contribution in [0.15, 0.2) is 42.5 Å². The molecule has 0 radical (unpaired) electrons. The topological polar surface area (TPSA) is 75.4 Å². The van der Waals surface area contributed by atoms with Gasteiger partial charge in [0, 0.05) is 17.7 Å². The van der Waals surface area contributed by atoms with Gasteiger partial charge in [0.2, 0.25) is 0 Å². The SMILES string of the molecule is CC(Nc1ccccc1[N+](=O)[O-])c1ccc(O)cc1F. The number of rotatable bonds is 4. The molecule has 0 aromatic heterocycles. The van der Waals surface area contributed by atoms with Crippen molar-refractivity contribution in [2.45, 2.75) is 13.0 Å². The van der Waals surface area contributed by atoms with Crippen molar-refractivity contribution in [2.75, 3.05) is 5.32 Å². The van der Waals surface area contributed by atoms with Gasteiger partial charge in [-0.15, -0.1) is 0 Å². The van der Waals surface area contributed by atoms with E-state index in [0.717, 1.165) is 6.07 Å². The maximum atomic E-state index is 13.7. The van der Waals surface area contributed by atoms with Crippen molar-refractivity contribution >= 4 is 11.4 Å². The molecule has 5 nitrogen and oxygen atoms in total. The molecule has 6 heteroatoms. The lowest BCUT2D eigenvalue weighted by Gasteiger charge is -2.16. The third-order valence-electron chi connectivity index (χ3n) is 2.92. The fourth-order valence-corrected chi connectivity index (χ4v) is 1.93. The largest absolute Gasteiger partial charge is 0.508 e. The number of nitro groups is 1. The zero-order valence-electron chi connectivity index (χ0n) is 10.7. The van der Waals surface area contributed by atoms with Gasteiger partial charge in [-0.05, 0) is 19.1 Å². The van der Waals surface area contributed by atoms with E-state index < -0.39 is 16.8 Å². The summed E-state index contributed by atoms with van der Waals surface area (Å²) in [5.74, 6) is -0.729. The molecule has 0 aliphatic carbocycles. The van der Waals surface area contributed by atoms with Crippen LogP contribution < -0.4 is 5.32 Å². The summed E-state index contributed by atoms with van der Waals surface area (Å²) in [6.07, 6.45) is 0. The molecule has 1 unspecified atom stereocenters. The summed E-state index contributed by atoms with van der Waals surface area (Å²) in [5.41, 5.74) is 0.567. The molecule has 0 aliphatic rings. The van der Waals surface area contributed by atoms with Crippen LogP contribution in [0.4, 0.5) is 15.8 Å². The van der Waals surface area contributed by atoms with Gasteiger partial charge < -0.3 is 10.4 Å². The van der Waals surface area contributed by atoms with E-state index in [1.807, 2.05) is 0 Å². The summed E-state index contributed by atoms with van der Waals surface area (Å²) in [4.78, 5) is 10.4. The van der Waals surface area contributed by atoms with Crippen LogP contribution in [-0.2, 0) is 0 Å². The maximum absolute atomic E-state index is 13.7. The monoisotopic (exact) mass is 276 g/mol. The van der Waals surface area contributed by atoms with Crippen LogP contribution in [0.5, 0.6) is 5.75 Å². The Morgan fingerprint density at radius 2 is 2.00 bits per heavy atom. The Labute approximate surface area is 114 Å². The van der Waals surface area contributed by atoms with Gasteiger partial charge in [0.15, 0.2) is 0 Å². The van der Waals surface area contributed by atoms with E-state index in [2.05, 4.69) is 5.32 Å². The first-order chi connectivity index (χ1) is 9.49. The highest BCUT2D eigenvalue weighted by Crippen LogP contribution is 2.29. The first-order valence-corrected chi connectivity index (χ1v) is 5.97. The molecule has 2 aromatic carbocycles. The quantitative estimate of drug-likeness (QED) is 0.660. The normalized spacial score (nSPS) is 11.9. The molecular weight excluding hydrogens is 263 g/mol. The average molecular weight is 276 g/mol. The number of anilines is 1. The molecule has 0 saturated heterocycles. The molecule has 1 atom stereocenters. The van der Waals surface area contributed by atoms with Crippen molar-refractivity contribution in [3.8, 4) is 5.75 Å². The van der Waals surface area contributed by atoms with Crippen LogP contribution in [0.3, 0.4) is 0 Å². The summed E-state index contributed by atoms with van der Waals surface area (Å²) in [7, 11) is 0. The van der Waals surface area contributed by atoms with Gasteiger partial charge >= 0.3 is 0 Å². The Balaban J connectivity index is 2.28. The summed E-state index contributed by atoms with van der Waals surface area (Å²) in [5, 5.41) is 23.0. The highest BCUT2D eigenvalue weighted by Gasteiger charge is 2.17. The van der Waals surface area contributed by atoms with E-state index in [-0.39, 0.29) is 11.4 Å². The third-order valence-corrected chi connectivity index (χ3v) is 2.92. The van der Waals surface area contributed by atoms with Gasteiger partial charge in [0.25, 0.3) is 5.69 Å². The van der Waals surface area contributed by atoms with Crippen LogP contribution >= 0.6 is 0 Å². The summed E-state index contributed by atoms with van der Waals surface area (Å²) >= 11 is 0. The van der Waals surface area contributed by atoms with Crippen LogP contribution in [0, 0.1) is 15.9 Å². The molecule has 0 bridgehead atoms. The molecule has 0 saturated carbocycles. The molecule has 2 N–H and O–H groups in total. The van der Waals surface area contributed by atoms with Crippen LogP contribution in [0.25, 0.3) is 0 Å². The fourth-order valence-electron chi connectivity index (χ4n) is 1.93. The second-order valence-electron chi connectivity index (χ2n) is 4.35. The summed E-state index contributed by atoms with van der Waals surface area (Å²) < 4.78 is 13.7. The second-order valence-corrected chi connectivity index (χ2v) is 4.35. The molecular formula is C14H13FN2O3. The minimum atomic E-state index is -0.566. The molecule has 0 amide bonds. The number of phenols is 1. The Kier molecular flexibility index (Phi) is 3.84. The van der Waals surface area contributed by atoms with E-state index in [4.69, 9.17) is 0 Å². The van der Waals surface area contributed by atoms with E-state index >= 15 is 0 Å². The van der Waals surface area contributed by atoms with Crippen molar-refractivity contribution in [1.82, 2.24) is 0 Å². The Hall–Kier alpha value is -2.63. The van der Waals surface area contributed by atoms with Gasteiger partial charge in [0.1, 0.15) is 17.3 Å². The Bertz CT molecular complexity index is 646. The fraction of sp³-hybridized carbons (Fsp3) is 0.143. The zero-order chi connectivity index (χ0) is 14.7. The highest BCUT2D eigenvalue weighted by molar-refractivity contribution is 5.62. The van der Waals surface area contributed by atoms with Crippen molar-refractivity contribution in [1.29, 1.82) is 0 Å². The minimum absolute atomic E-state index is 0.0708. The summed E-state index contributed by atoms with van der Waals surface area (Å²) in [6.45, 7) is 1.69. The number of hydrogen-bond acceptors (Lipinski definition) is 4. The van der Waals surface area contributed by atoms with Gasteiger partial charge in [-0.1, -0.05) is 18.2 Å². The van der Waals surface area contributed by atoms with Crippen LogP contribution in [0.1, 0.15) is 18.5 Å². The van der Waals surface area contributed by atoms with E-state index in [9.17, 15) is 19.6 Å². The van der Waals surface area contributed by atoms with Crippen molar-refractivity contribution in [2.24, 2.45) is 0 Å². The van der Waals surface area contributed by atoms with Crippen LogP contribution in [-0.4, -0.2) is 10.0 Å². The van der Waals surface area contributed by atoms with Crippen molar-refractivity contribution < 1.29 is 14.4 Å². The molecule has 0 fully saturated rings. The lowest BCUT2D eigenvalue weighted by Crippen LogP contribution is -2.09. The van der Waals surface area contributed by atoms with E-state index in [1.165, 1.54) is 18.2 Å². The number of nitrogens with zero attached hydrogens (tertiary/aromatic N) is 1. The first kappa shape index (κ1) is 13.8. The number of phenolic OH excluding ortho intramolecular Hbond substituents is 1. The lowest BCUT2D eigenvalue weighted by molar-refractivity contribution is -0.384. The molecule has 2 aromatic rings. The number of nitro benzene ring substituents is 1. The molecule has 0 heterocycles. The Morgan fingerprint density at radius 1 is 1.30 bits per heavy atom. The number of para-hydroxylation sites is 2. The standard InChI is InChI=1S/C14H13FN2O3/c1-9(11-7-6-10(18)8-12(11)15)16-13-4-2-3-5-14(13)17(19)20/h2-9,16,18H,1H3. The van der Waals surface area contributed by atoms with Crippen LogP contribution in [0.2, 0.25) is 0 Å². The summed E-state index contributed by atoms with van der Waals surface area (Å²) in [6, 6.07) is 9.51. The maximum Gasteiger partial charge on any atom is 0.292 e. The number of benzene rings is 2. The molecule has 0 spiro atoms. The predicted octanol–water partition coefficient (Wildman–Crippen LogP) is 3.61. The van der Waals surface area contributed by atoms with Crippen molar-refractivity contribution in [3.05, 3.63) is 64.0 Å². The predicted molar refractivity (Wildman–Crippen MR) is 73.2 cm³/mol. The van der Waals surface area contributed by atoms with Gasteiger partial charge in [0.05, 0.1) is 11.0 Å². The highest BCUT2D eigenvalue weighted by atomic mass is 19.1. The minimum Gasteiger partial charge on any atom is -0.508 e. The third kappa shape index (κ3) is 2.85. The number of nitrogens with one attached hydrogen (secondary N) is 1. The van der Waals surface area contributed by atoms with Gasteiger partial charge in [-0.2, -0.15) is 0 Å². The molecule has 2 rings (SSSR count). The van der Waals surface area contributed by atoms with Gasteiger partial charge in [-0.25, -0.2) is 4.39 Å². The van der Waals surface area contributed by atoms with Crippen molar-refractivity contribution in [3.63, 3.8) is 0 Å². The number of aromatic hydroxyl groups is 1. The zero-order valence-corrected chi connectivity index (χ0v) is 10.7. The Morgan fingerprint density at radius 3 is 2.65 bits per heavy atom. The smallest absolute Gasteiger partial charge is 0.292 e. The van der Waals surface area contributed by atoms with Gasteiger partial charge in [-0.3, -0.25) is 10.1 Å². The second kappa shape index (κ2) is 5.56. The average Bonchev–Trinajstić information content (AvgIpc) is 2.38.